The van der Waals surface area contributed by atoms with Crippen molar-refractivity contribution in [3.05, 3.63) is 130 Å². The van der Waals surface area contributed by atoms with Gasteiger partial charge in [-0.2, -0.15) is 0 Å². The summed E-state index contributed by atoms with van der Waals surface area (Å²) in [5.74, 6) is -0.712. The van der Waals surface area contributed by atoms with Crippen molar-refractivity contribution in [1.29, 1.82) is 0 Å². The van der Waals surface area contributed by atoms with E-state index in [0.717, 1.165) is 11.1 Å². The first-order valence-corrected chi connectivity index (χ1v) is 10.7. The van der Waals surface area contributed by atoms with Gasteiger partial charge < -0.3 is 10.2 Å². The van der Waals surface area contributed by atoms with Crippen molar-refractivity contribution in [2.75, 3.05) is 0 Å². The van der Waals surface area contributed by atoms with Crippen molar-refractivity contribution in [2.24, 2.45) is 0 Å². The molecule has 0 radical (unpaired) electrons. The summed E-state index contributed by atoms with van der Waals surface area (Å²) < 4.78 is 0. The molecule has 4 nitrogen and oxygen atoms in total. The second-order valence-corrected chi connectivity index (χ2v) is 8.48. The fourth-order valence-corrected chi connectivity index (χ4v) is 3.87. The van der Waals surface area contributed by atoms with Gasteiger partial charge in [-0.15, -0.1) is 0 Å². The highest BCUT2D eigenvalue weighted by Gasteiger charge is 2.27. The minimum absolute atomic E-state index is 0.0888. The third kappa shape index (κ3) is 4.28. The van der Waals surface area contributed by atoms with Gasteiger partial charge in [0.25, 0.3) is 0 Å². The number of carbonyl (C=O) groups is 2. The van der Waals surface area contributed by atoms with Crippen LogP contribution in [0.5, 0.6) is 11.5 Å². The van der Waals surface area contributed by atoms with Crippen LogP contribution in [0.3, 0.4) is 0 Å². The van der Waals surface area contributed by atoms with Crippen LogP contribution in [0, 0.1) is 0 Å². The minimum Gasteiger partial charge on any atom is -0.507 e. The predicted molar refractivity (Wildman–Crippen MR) is 128 cm³/mol. The Hall–Kier alpha value is -4.18. The Balaban J connectivity index is 1.75. The predicted octanol–water partition coefficient (Wildman–Crippen LogP) is 5.89. The molecular formula is C29H24O4. The number of aromatic hydroxyl groups is 2. The van der Waals surface area contributed by atoms with Crippen LogP contribution < -0.4 is 0 Å². The molecule has 0 aliphatic heterocycles. The summed E-state index contributed by atoms with van der Waals surface area (Å²) in [7, 11) is 0. The molecule has 0 amide bonds. The van der Waals surface area contributed by atoms with Crippen molar-refractivity contribution >= 4 is 11.6 Å². The molecule has 0 unspecified atom stereocenters. The van der Waals surface area contributed by atoms with Gasteiger partial charge in [-0.25, -0.2) is 0 Å². The highest BCUT2D eigenvalue weighted by atomic mass is 16.3. The van der Waals surface area contributed by atoms with E-state index in [-0.39, 0.29) is 34.2 Å². The van der Waals surface area contributed by atoms with E-state index in [2.05, 4.69) is 0 Å². The van der Waals surface area contributed by atoms with Crippen LogP contribution in [0.25, 0.3) is 0 Å². The summed E-state index contributed by atoms with van der Waals surface area (Å²) in [6, 6.07) is 27.6. The van der Waals surface area contributed by atoms with Gasteiger partial charge in [0.2, 0.25) is 0 Å². The topological polar surface area (TPSA) is 74.6 Å². The van der Waals surface area contributed by atoms with Gasteiger partial charge in [-0.1, -0.05) is 86.6 Å². The molecule has 4 aromatic rings. The minimum atomic E-state index is -0.612. The number of benzene rings is 4. The smallest absolute Gasteiger partial charge is 0.196 e. The molecule has 2 N–H and O–H groups in total. The number of carbonyl (C=O) groups excluding carboxylic acids is 2. The van der Waals surface area contributed by atoms with Crippen LogP contribution in [0.4, 0.5) is 0 Å². The van der Waals surface area contributed by atoms with Crippen molar-refractivity contribution in [2.45, 2.75) is 19.3 Å². The summed E-state index contributed by atoms with van der Waals surface area (Å²) >= 11 is 0. The van der Waals surface area contributed by atoms with Gasteiger partial charge in [0.15, 0.2) is 11.6 Å². The molecule has 4 heteroatoms. The maximum Gasteiger partial charge on any atom is 0.196 e. The maximum atomic E-state index is 13.0. The van der Waals surface area contributed by atoms with E-state index in [1.54, 1.807) is 72.8 Å². The third-order valence-electron chi connectivity index (χ3n) is 6.00. The summed E-state index contributed by atoms with van der Waals surface area (Å²) in [5.41, 5.74) is 2.38. The number of phenolic OH excluding ortho intramolecular Hbond substituents is 2. The van der Waals surface area contributed by atoms with Crippen LogP contribution in [-0.2, 0) is 5.41 Å². The number of hydrogen-bond acceptors (Lipinski definition) is 4. The van der Waals surface area contributed by atoms with Gasteiger partial charge in [0, 0.05) is 16.5 Å². The van der Waals surface area contributed by atoms with E-state index in [9.17, 15) is 19.8 Å². The van der Waals surface area contributed by atoms with Gasteiger partial charge in [-0.3, -0.25) is 9.59 Å². The molecule has 0 aliphatic carbocycles. The maximum absolute atomic E-state index is 13.0. The second-order valence-electron chi connectivity index (χ2n) is 8.48. The Labute approximate surface area is 192 Å². The molecule has 4 aromatic carbocycles. The molecular weight excluding hydrogens is 412 g/mol. The molecule has 0 saturated carbocycles. The molecule has 4 rings (SSSR count). The standard InChI is InChI=1S/C29H24O4/c1-29(2,21-13-15-25(30)23(17-21)27(32)19-9-5-3-6-10-19)22-14-16-26(31)24(18-22)28(33)20-11-7-4-8-12-20/h3-18,30-31H,1-2H3. The zero-order valence-corrected chi connectivity index (χ0v) is 18.4. The lowest BCUT2D eigenvalue weighted by atomic mass is 9.76. The fourth-order valence-electron chi connectivity index (χ4n) is 3.87. The number of rotatable bonds is 6. The Morgan fingerprint density at radius 2 is 0.939 bits per heavy atom. The summed E-state index contributed by atoms with van der Waals surface area (Å²) in [6.45, 7) is 3.94. The number of ketones is 2. The van der Waals surface area contributed by atoms with Crippen LogP contribution in [0.1, 0.15) is 56.8 Å². The van der Waals surface area contributed by atoms with Crippen molar-refractivity contribution in [3.63, 3.8) is 0 Å². The first-order valence-electron chi connectivity index (χ1n) is 10.7. The average Bonchev–Trinajstić information content (AvgIpc) is 2.84. The van der Waals surface area contributed by atoms with Crippen molar-refractivity contribution in [3.8, 4) is 11.5 Å². The Morgan fingerprint density at radius 3 is 1.30 bits per heavy atom. The monoisotopic (exact) mass is 436 g/mol. The van der Waals surface area contributed by atoms with E-state index < -0.39 is 5.41 Å². The van der Waals surface area contributed by atoms with E-state index in [1.807, 2.05) is 26.0 Å². The highest BCUT2D eigenvalue weighted by Crippen LogP contribution is 2.36. The molecule has 0 atom stereocenters. The van der Waals surface area contributed by atoms with Crippen LogP contribution in [-0.4, -0.2) is 21.8 Å². The Bertz CT molecular complexity index is 1220. The molecule has 0 bridgehead atoms. The SMILES string of the molecule is CC(C)(c1ccc(O)c(C(=O)c2ccccc2)c1)c1ccc(O)c(C(=O)c2ccccc2)c1. The quantitative estimate of drug-likeness (QED) is 0.370. The molecule has 0 fully saturated rings. The van der Waals surface area contributed by atoms with Crippen LogP contribution in [0.2, 0.25) is 0 Å². The normalized spacial score (nSPS) is 11.2. The highest BCUT2D eigenvalue weighted by molar-refractivity contribution is 6.11. The van der Waals surface area contributed by atoms with Gasteiger partial charge >= 0.3 is 0 Å². The van der Waals surface area contributed by atoms with Crippen molar-refractivity contribution < 1.29 is 19.8 Å². The average molecular weight is 437 g/mol. The van der Waals surface area contributed by atoms with E-state index >= 15 is 0 Å². The van der Waals surface area contributed by atoms with Crippen LogP contribution in [0.15, 0.2) is 97.1 Å². The molecule has 33 heavy (non-hydrogen) atoms. The Kier molecular flexibility index (Phi) is 5.84. The number of hydrogen-bond donors (Lipinski definition) is 2. The second kappa shape index (κ2) is 8.75. The zero-order chi connectivity index (χ0) is 23.6. The lowest BCUT2D eigenvalue weighted by Gasteiger charge is -2.27. The van der Waals surface area contributed by atoms with Crippen LogP contribution >= 0.6 is 0 Å². The molecule has 0 saturated heterocycles. The molecule has 0 aliphatic rings. The van der Waals surface area contributed by atoms with E-state index in [1.165, 1.54) is 12.1 Å². The van der Waals surface area contributed by atoms with Gasteiger partial charge in [0.05, 0.1) is 11.1 Å². The largest absolute Gasteiger partial charge is 0.507 e. The summed E-state index contributed by atoms with van der Waals surface area (Å²) in [6.07, 6.45) is 0. The molecule has 0 heterocycles. The molecule has 0 aromatic heterocycles. The van der Waals surface area contributed by atoms with Gasteiger partial charge in [0.1, 0.15) is 11.5 Å². The van der Waals surface area contributed by atoms with Crippen molar-refractivity contribution in [1.82, 2.24) is 0 Å². The first-order chi connectivity index (χ1) is 15.8. The lowest BCUT2D eigenvalue weighted by Crippen LogP contribution is -2.20. The Morgan fingerprint density at radius 1 is 0.576 bits per heavy atom. The molecule has 0 spiro atoms. The first kappa shape index (κ1) is 22.0. The van der Waals surface area contributed by atoms with E-state index in [4.69, 9.17) is 0 Å². The summed E-state index contributed by atoms with van der Waals surface area (Å²) in [4.78, 5) is 26.0. The summed E-state index contributed by atoms with van der Waals surface area (Å²) in [5, 5.41) is 20.8. The lowest BCUT2D eigenvalue weighted by molar-refractivity contribution is 0.102. The number of phenols is 2. The third-order valence-corrected chi connectivity index (χ3v) is 6.00. The zero-order valence-electron chi connectivity index (χ0n) is 18.4. The van der Waals surface area contributed by atoms with E-state index in [0.29, 0.717) is 11.1 Å². The molecule has 164 valence electrons. The fraction of sp³-hybridized carbons (Fsp3) is 0.103. The van der Waals surface area contributed by atoms with Gasteiger partial charge in [-0.05, 0) is 35.4 Å².